The summed E-state index contributed by atoms with van der Waals surface area (Å²) in [5.41, 5.74) is 0.966. The van der Waals surface area contributed by atoms with E-state index in [-0.39, 0.29) is 16.9 Å². The van der Waals surface area contributed by atoms with E-state index >= 15 is 0 Å². The van der Waals surface area contributed by atoms with Crippen LogP contribution in [0.5, 0.6) is 5.75 Å². The van der Waals surface area contributed by atoms with Gasteiger partial charge in [0.2, 0.25) is 10.0 Å². The van der Waals surface area contributed by atoms with Crippen LogP contribution in [0.4, 0.5) is 0 Å². The molecule has 0 aromatic heterocycles. The van der Waals surface area contributed by atoms with Gasteiger partial charge in [-0.1, -0.05) is 19.9 Å². The highest BCUT2D eigenvalue weighted by molar-refractivity contribution is 7.89. The first kappa shape index (κ1) is 16.3. The van der Waals surface area contributed by atoms with Crippen LogP contribution in [0.1, 0.15) is 38.2 Å². The third kappa shape index (κ3) is 3.96. The molecule has 1 heterocycles. The molecular formula is C15H23NO4S. The molecule has 21 heavy (non-hydrogen) atoms. The van der Waals surface area contributed by atoms with E-state index in [2.05, 4.69) is 4.72 Å². The van der Waals surface area contributed by atoms with Crippen LogP contribution in [0.3, 0.4) is 0 Å². The minimum atomic E-state index is -3.60. The summed E-state index contributed by atoms with van der Waals surface area (Å²) in [5.74, 6) is 0.613. The highest BCUT2D eigenvalue weighted by atomic mass is 32.2. The quantitative estimate of drug-likeness (QED) is 0.875. The average Bonchev–Trinajstić information content (AvgIpc) is 2.98. The van der Waals surface area contributed by atoms with Gasteiger partial charge in [-0.2, -0.15) is 0 Å². The smallest absolute Gasteiger partial charge is 0.244 e. The molecule has 0 radical (unpaired) electrons. The fourth-order valence-corrected chi connectivity index (χ4v) is 3.62. The molecule has 1 aliphatic rings. The molecule has 0 spiro atoms. The van der Waals surface area contributed by atoms with Crippen LogP contribution in [0.2, 0.25) is 0 Å². The number of nitrogens with one attached hydrogen (secondary N) is 1. The molecule has 1 saturated heterocycles. The number of hydrogen-bond donors (Lipinski definition) is 1. The number of ether oxygens (including phenoxy) is 2. The van der Waals surface area contributed by atoms with Crippen molar-refractivity contribution in [1.82, 2.24) is 4.72 Å². The third-order valence-corrected chi connectivity index (χ3v) is 5.11. The highest BCUT2D eigenvalue weighted by Gasteiger charge is 2.23. The molecule has 1 aromatic carbocycles. The average molecular weight is 313 g/mol. The molecule has 6 heteroatoms. The molecule has 5 nitrogen and oxygen atoms in total. The van der Waals surface area contributed by atoms with Crippen LogP contribution in [-0.2, 0) is 14.8 Å². The molecule has 118 valence electrons. The van der Waals surface area contributed by atoms with Gasteiger partial charge in [0.05, 0.1) is 13.2 Å². The molecule has 2 rings (SSSR count). The highest BCUT2D eigenvalue weighted by Crippen LogP contribution is 2.28. The van der Waals surface area contributed by atoms with Gasteiger partial charge in [-0.3, -0.25) is 0 Å². The Morgan fingerprint density at radius 1 is 1.43 bits per heavy atom. The van der Waals surface area contributed by atoms with E-state index in [0.29, 0.717) is 18.9 Å². The molecule has 1 aromatic rings. The van der Waals surface area contributed by atoms with Gasteiger partial charge in [-0.25, -0.2) is 13.1 Å². The second-order valence-corrected chi connectivity index (χ2v) is 7.29. The Kier molecular flexibility index (Phi) is 5.24. The Morgan fingerprint density at radius 2 is 2.19 bits per heavy atom. The molecule has 1 fully saturated rings. The predicted molar refractivity (Wildman–Crippen MR) is 81.2 cm³/mol. The van der Waals surface area contributed by atoms with Crippen molar-refractivity contribution in [2.75, 3.05) is 20.3 Å². The van der Waals surface area contributed by atoms with Crippen LogP contribution < -0.4 is 9.46 Å². The summed E-state index contributed by atoms with van der Waals surface area (Å²) >= 11 is 0. The summed E-state index contributed by atoms with van der Waals surface area (Å²) in [4.78, 5) is 0.189. The van der Waals surface area contributed by atoms with Crippen LogP contribution in [-0.4, -0.2) is 34.8 Å². The Hall–Kier alpha value is -1.11. The zero-order valence-corrected chi connectivity index (χ0v) is 13.6. The lowest BCUT2D eigenvalue weighted by Crippen LogP contribution is -2.32. The maximum absolute atomic E-state index is 12.5. The van der Waals surface area contributed by atoms with Gasteiger partial charge < -0.3 is 9.47 Å². The van der Waals surface area contributed by atoms with E-state index in [0.717, 1.165) is 18.4 Å². The Bertz CT molecular complexity index is 577. The lowest BCUT2D eigenvalue weighted by Gasteiger charge is -2.15. The molecule has 1 atom stereocenters. The lowest BCUT2D eigenvalue weighted by molar-refractivity contribution is 0.114. The van der Waals surface area contributed by atoms with E-state index < -0.39 is 10.0 Å². The van der Waals surface area contributed by atoms with Gasteiger partial charge in [0.1, 0.15) is 10.6 Å². The first-order valence-corrected chi connectivity index (χ1v) is 8.71. The first-order valence-electron chi connectivity index (χ1n) is 7.23. The summed E-state index contributed by atoms with van der Waals surface area (Å²) in [6.45, 7) is 5.06. The molecular weight excluding hydrogens is 290 g/mol. The molecule has 0 unspecified atom stereocenters. The number of hydrogen-bond acceptors (Lipinski definition) is 4. The fraction of sp³-hybridized carbons (Fsp3) is 0.600. The molecule has 0 bridgehead atoms. The molecule has 0 amide bonds. The lowest BCUT2D eigenvalue weighted by atomic mass is 10.0. The number of sulfonamides is 1. The SMILES string of the molecule is COc1ccc(C(C)C)cc1S(=O)(=O)NC[C@@H]1CCCO1. The third-order valence-electron chi connectivity index (χ3n) is 3.67. The minimum Gasteiger partial charge on any atom is -0.495 e. The summed E-state index contributed by atoms with van der Waals surface area (Å²) < 4.78 is 38.3. The van der Waals surface area contributed by atoms with E-state index in [1.807, 2.05) is 19.9 Å². The monoisotopic (exact) mass is 313 g/mol. The minimum absolute atomic E-state index is 0.0287. The van der Waals surface area contributed by atoms with Crippen molar-refractivity contribution in [2.45, 2.75) is 43.6 Å². The fourth-order valence-electron chi connectivity index (χ4n) is 2.35. The van der Waals surface area contributed by atoms with Gasteiger partial charge in [0, 0.05) is 13.2 Å². The van der Waals surface area contributed by atoms with Crippen LogP contribution in [0, 0.1) is 0 Å². The van der Waals surface area contributed by atoms with E-state index in [9.17, 15) is 8.42 Å². The normalized spacial score (nSPS) is 19.1. The maximum atomic E-state index is 12.5. The topological polar surface area (TPSA) is 64.6 Å². The first-order chi connectivity index (χ1) is 9.94. The van der Waals surface area contributed by atoms with Gasteiger partial charge >= 0.3 is 0 Å². The second kappa shape index (κ2) is 6.77. The zero-order chi connectivity index (χ0) is 15.5. The van der Waals surface area contributed by atoms with Gasteiger partial charge in [0.25, 0.3) is 0 Å². The Balaban J connectivity index is 2.22. The summed E-state index contributed by atoms with van der Waals surface area (Å²) in [5, 5.41) is 0. The van der Waals surface area contributed by atoms with Gasteiger partial charge in [0.15, 0.2) is 0 Å². The number of rotatable bonds is 6. The maximum Gasteiger partial charge on any atom is 0.244 e. The Morgan fingerprint density at radius 3 is 2.76 bits per heavy atom. The van der Waals surface area contributed by atoms with E-state index in [1.165, 1.54) is 7.11 Å². The van der Waals surface area contributed by atoms with Crippen molar-refractivity contribution in [3.8, 4) is 5.75 Å². The van der Waals surface area contributed by atoms with Crippen LogP contribution >= 0.6 is 0 Å². The van der Waals surface area contributed by atoms with Crippen LogP contribution in [0.15, 0.2) is 23.1 Å². The molecule has 0 saturated carbocycles. The predicted octanol–water partition coefficient (Wildman–Crippen LogP) is 2.28. The van der Waals surface area contributed by atoms with Crippen molar-refractivity contribution >= 4 is 10.0 Å². The second-order valence-electron chi connectivity index (χ2n) is 5.55. The van der Waals surface area contributed by atoms with Crippen molar-refractivity contribution < 1.29 is 17.9 Å². The van der Waals surface area contributed by atoms with Gasteiger partial charge in [-0.05, 0) is 36.5 Å². The van der Waals surface area contributed by atoms with E-state index in [4.69, 9.17) is 9.47 Å². The Labute approximate surface area is 126 Å². The van der Waals surface area contributed by atoms with Crippen molar-refractivity contribution in [2.24, 2.45) is 0 Å². The van der Waals surface area contributed by atoms with Crippen molar-refractivity contribution in [1.29, 1.82) is 0 Å². The summed E-state index contributed by atoms with van der Waals surface area (Å²) in [6, 6.07) is 5.28. The number of benzene rings is 1. The van der Waals surface area contributed by atoms with Crippen molar-refractivity contribution in [3.05, 3.63) is 23.8 Å². The summed E-state index contributed by atoms with van der Waals surface area (Å²) in [7, 11) is -2.13. The standard InChI is InChI=1S/C15H23NO4S/c1-11(2)12-6-7-14(19-3)15(9-12)21(17,18)16-10-13-5-4-8-20-13/h6-7,9,11,13,16H,4-5,8,10H2,1-3H3/t13-/m0/s1. The van der Waals surface area contributed by atoms with Crippen LogP contribution in [0.25, 0.3) is 0 Å². The molecule has 0 aliphatic carbocycles. The van der Waals surface area contributed by atoms with Crippen molar-refractivity contribution in [3.63, 3.8) is 0 Å². The molecule has 1 N–H and O–H groups in total. The van der Waals surface area contributed by atoms with Gasteiger partial charge in [-0.15, -0.1) is 0 Å². The summed E-state index contributed by atoms with van der Waals surface area (Å²) in [6.07, 6.45) is 1.85. The molecule has 1 aliphatic heterocycles. The number of methoxy groups -OCH3 is 1. The largest absolute Gasteiger partial charge is 0.495 e. The van der Waals surface area contributed by atoms with E-state index in [1.54, 1.807) is 12.1 Å². The zero-order valence-electron chi connectivity index (χ0n) is 12.8.